The average molecular weight is 556 g/mol. The zero-order valence-corrected chi connectivity index (χ0v) is 20.7. The summed E-state index contributed by atoms with van der Waals surface area (Å²) < 4.78 is 13.1. The number of hydrogen-bond donors (Lipinski definition) is 1. The van der Waals surface area contributed by atoms with Gasteiger partial charge in [0.25, 0.3) is 5.91 Å². The average Bonchev–Trinajstić information content (AvgIpc) is 2.78. The van der Waals surface area contributed by atoms with E-state index in [-0.39, 0.29) is 5.57 Å². The molecular formula is C25H20Br2N2O3. The third-order valence-electron chi connectivity index (χ3n) is 4.53. The predicted molar refractivity (Wildman–Crippen MR) is 133 cm³/mol. The molecular weight excluding hydrogens is 536 g/mol. The molecule has 0 atom stereocenters. The summed E-state index contributed by atoms with van der Waals surface area (Å²) in [5.41, 5.74) is 3.24. The van der Waals surface area contributed by atoms with Crippen molar-refractivity contribution in [3.8, 4) is 17.6 Å². The molecule has 1 amide bonds. The number of carbonyl (C=O) groups excluding carboxylic acids is 1. The standard InChI is InChI=1S/C25H20Br2N2O3/c1-16-4-3-5-21(10-16)29-25(30)19(14-28)11-18-12-23(31-2)24(13-22(18)27)32-15-17-6-8-20(26)9-7-17/h3-13H,15H2,1-2H3,(H,29,30)/b19-11-. The van der Waals surface area contributed by atoms with Crippen LogP contribution in [0, 0.1) is 18.3 Å². The molecule has 0 aliphatic carbocycles. The number of ether oxygens (including phenoxy) is 2. The number of halogens is 2. The van der Waals surface area contributed by atoms with E-state index in [2.05, 4.69) is 37.2 Å². The first kappa shape index (κ1) is 23.6. The van der Waals surface area contributed by atoms with Crippen molar-refractivity contribution in [2.75, 3.05) is 12.4 Å². The third-order valence-corrected chi connectivity index (χ3v) is 5.75. The van der Waals surface area contributed by atoms with Crippen molar-refractivity contribution >= 4 is 49.5 Å². The molecule has 0 saturated heterocycles. The Balaban J connectivity index is 1.81. The molecule has 3 aromatic carbocycles. The number of aryl methyl sites for hydroxylation is 1. The lowest BCUT2D eigenvalue weighted by atomic mass is 10.1. The Morgan fingerprint density at radius 3 is 2.50 bits per heavy atom. The van der Waals surface area contributed by atoms with Gasteiger partial charge >= 0.3 is 0 Å². The maximum Gasteiger partial charge on any atom is 0.266 e. The van der Waals surface area contributed by atoms with Gasteiger partial charge in [0.1, 0.15) is 18.2 Å². The molecule has 0 saturated carbocycles. The van der Waals surface area contributed by atoms with Gasteiger partial charge in [0, 0.05) is 14.6 Å². The van der Waals surface area contributed by atoms with Crippen LogP contribution < -0.4 is 14.8 Å². The predicted octanol–water partition coefficient (Wildman–Crippen LogP) is 6.65. The molecule has 5 nitrogen and oxygen atoms in total. The minimum Gasteiger partial charge on any atom is -0.493 e. The van der Waals surface area contributed by atoms with Gasteiger partial charge in [-0.05, 0) is 66.1 Å². The normalized spacial score (nSPS) is 10.9. The van der Waals surface area contributed by atoms with Crippen molar-refractivity contribution in [3.63, 3.8) is 0 Å². The summed E-state index contributed by atoms with van der Waals surface area (Å²) in [4.78, 5) is 12.6. The van der Waals surface area contributed by atoms with Crippen LogP contribution in [0.4, 0.5) is 5.69 Å². The number of anilines is 1. The van der Waals surface area contributed by atoms with Crippen molar-refractivity contribution in [2.45, 2.75) is 13.5 Å². The molecule has 0 radical (unpaired) electrons. The number of hydrogen-bond acceptors (Lipinski definition) is 4. The molecule has 0 aliphatic heterocycles. The first-order valence-electron chi connectivity index (χ1n) is 9.64. The molecule has 0 aromatic heterocycles. The Morgan fingerprint density at radius 1 is 1.09 bits per heavy atom. The smallest absolute Gasteiger partial charge is 0.266 e. The molecule has 3 rings (SSSR count). The Kier molecular flexibility index (Phi) is 8.09. The molecule has 0 aliphatic rings. The van der Waals surface area contributed by atoms with Crippen molar-refractivity contribution in [1.82, 2.24) is 0 Å². The number of nitrogens with one attached hydrogen (secondary N) is 1. The minimum absolute atomic E-state index is 0.0298. The highest BCUT2D eigenvalue weighted by molar-refractivity contribution is 9.10. The van der Waals surface area contributed by atoms with E-state index in [9.17, 15) is 10.1 Å². The largest absolute Gasteiger partial charge is 0.493 e. The van der Waals surface area contributed by atoms with Crippen LogP contribution in [0.15, 0.2) is 75.2 Å². The van der Waals surface area contributed by atoms with E-state index in [0.717, 1.165) is 15.6 Å². The number of carbonyl (C=O) groups is 1. The lowest BCUT2D eigenvalue weighted by molar-refractivity contribution is -0.112. The fourth-order valence-electron chi connectivity index (χ4n) is 2.90. The number of amides is 1. The molecule has 7 heteroatoms. The Hall–Kier alpha value is -3.08. The second-order valence-corrected chi connectivity index (χ2v) is 8.70. The second-order valence-electron chi connectivity index (χ2n) is 6.93. The number of benzene rings is 3. The van der Waals surface area contributed by atoms with Gasteiger partial charge in [-0.25, -0.2) is 0 Å². The van der Waals surface area contributed by atoms with Gasteiger partial charge in [-0.1, -0.05) is 56.1 Å². The van der Waals surface area contributed by atoms with Crippen LogP contribution in [0.25, 0.3) is 6.08 Å². The molecule has 162 valence electrons. The van der Waals surface area contributed by atoms with Crippen molar-refractivity contribution < 1.29 is 14.3 Å². The topological polar surface area (TPSA) is 71.3 Å². The van der Waals surface area contributed by atoms with Crippen LogP contribution in [0.5, 0.6) is 11.5 Å². The highest BCUT2D eigenvalue weighted by Crippen LogP contribution is 2.35. The second kappa shape index (κ2) is 11.0. The number of nitriles is 1. The highest BCUT2D eigenvalue weighted by atomic mass is 79.9. The van der Waals surface area contributed by atoms with Crippen molar-refractivity contribution in [1.29, 1.82) is 5.26 Å². The van der Waals surface area contributed by atoms with Gasteiger partial charge in [-0.2, -0.15) is 5.26 Å². The summed E-state index contributed by atoms with van der Waals surface area (Å²) in [6, 6.07) is 20.7. The molecule has 0 heterocycles. The van der Waals surface area contributed by atoms with E-state index in [1.807, 2.05) is 55.5 Å². The summed E-state index contributed by atoms with van der Waals surface area (Å²) in [5.74, 6) is 0.551. The van der Waals surface area contributed by atoms with Gasteiger partial charge in [-0.15, -0.1) is 0 Å². The van der Waals surface area contributed by atoms with E-state index in [0.29, 0.717) is 33.8 Å². The number of nitrogens with zero attached hydrogens (tertiary/aromatic N) is 1. The number of rotatable bonds is 7. The van der Waals surface area contributed by atoms with Gasteiger partial charge in [-0.3, -0.25) is 4.79 Å². The fraction of sp³-hybridized carbons (Fsp3) is 0.120. The van der Waals surface area contributed by atoms with Crippen LogP contribution in [0.2, 0.25) is 0 Å². The van der Waals surface area contributed by atoms with Crippen LogP contribution in [-0.2, 0) is 11.4 Å². The first-order valence-corrected chi connectivity index (χ1v) is 11.2. The van der Waals surface area contributed by atoms with Gasteiger partial charge in [0.05, 0.1) is 7.11 Å². The summed E-state index contributed by atoms with van der Waals surface area (Å²) in [6.07, 6.45) is 1.51. The monoisotopic (exact) mass is 554 g/mol. The maximum absolute atomic E-state index is 12.6. The fourth-order valence-corrected chi connectivity index (χ4v) is 3.60. The zero-order chi connectivity index (χ0) is 23.1. The van der Waals surface area contributed by atoms with Crippen LogP contribution >= 0.6 is 31.9 Å². The molecule has 0 spiro atoms. The summed E-state index contributed by atoms with van der Waals surface area (Å²) in [6.45, 7) is 2.30. The van der Waals surface area contributed by atoms with E-state index < -0.39 is 5.91 Å². The minimum atomic E-state index is -0.487. The Labute approximate surface area is 203 Å². The molecule has 0 bridgehead atoms. The van der Waals surface area contributed by atoms with Gasteiger partial charge in [0.15, 0.2) is 11.5 Å². The van der Waals surface area contributed by atoms with E-state index in [4.69, 9.17) is 9.47 Å². The molecule has 32 heavy (non-hydrogen) atoms. The summed E-state index contributed by atoms with van der Waals surface area (Å²) in [5, 5.41) is 12.3. The van der Waals surface area contributed by atoms with Crippen LogP contribution in [0.3, 0.4) is 0 Å². The maximum atomic E-state index is 12.6. The molecule has 0 unspecified atom stereocenters. The van der Waals surface area contributed by atoms with E-state index in [1.54, 1.807) is 25.3 Å². The quantitative estimate of drug-likeness (QED) is 0.261. The summed E-state index contributed by atoms with van der Waals surface area (Å²) >= 11 is 6.92. The van der Waals surface area contributed by atoms with E-state index >= 15 is 0 Å². The lowest BCUT2D eigenvalue weighted by Crippen LogP contribution is -2.13. The van der Waals surface area contributed by atoms with Crippen LogP contribution in [-0.4, -0.2) is 13.0 Å². The number of methoxy groups -OCH3 is 1. The highest BCUT2D eigenvalue weighted by Gasteiger charge is 2.14. The van der Waals surface area contributed by atoms with E-state index in [1.165, 1.54) is 6.08 Å². The molecule has 1 N–H and O–H groups in total. The molecule has 3 aromatic rings. The Morgan fingerprint density at radius 2 is 1.84 bits per heavy atom. The van der Waals surface area contributed by atoms with Crippen LogP contribution in [0.1, 0.15) is 16.7 Å². The lowest BCUT2D eigenvalue weighted by Gasteiger charge is -2.13. The molecule has 0 fully saturated rings. The SMILES string of the molecule is COc1cc(/C=C(/C#N)C(=O)Nc2cccc(C)c2)c(Br)cc1OCc1ccc(Br)cc1. The van der Waals surface area contributed by atoms with Gasteiger partial charge in [0.2, 0.25) is 0 Å². The Bertz CT molecular complexity index is 1200. The first-order chi connectivity index (χ1) is 15.4. The van der Waals surface area contributed by atoms with Crippen molar-refractivity contribution in [2.24, 2.45) is 0 Å². The third kappa shape index (κ3) is 6.22. The zero-order valence-electron chi connectivity index (χ0n) is 17.5. The summed E-state index contributed by atoms with van der Waals surface area (Å²) in [7, 11) is 1.54. The van der Waals surface area contributed by atoms with Gasteiger partial charge < -0.3 is 14.8 Å². The van der Waals surface area contributed by atoms with Crippen molar-refractivity contribution in [3.05, 3.63) is 91.9 Å².